The maximum Gasteiger partial charge on any atom is 0.139 e. The molecular formula is C12H15F2NS. The summed E-state index contributed by atoms with van der Waals surface area (Å²) in [4.78, 5) is 0.550. The van der Waals surface area contributed by atoms with Crippen LogP contribution in [0.1, 0.15) is 19.3 Å². The molecule has 1 saturated carbocycles. The van der Waals surface area contributed by atoms with Crippen molar-refractivity contribution < 1.29 is 8.78 Å². The van der Waals surface area contributed by atoms with Gasteiger partial charge in [-0.25, -0.2) is 8.78 Å². The molecule has 0 bridgehead atoms. The van der Waals surface area contributed by atoms with E-state index in [-0.39, 0.29) is 0 Å². The number of rotatable bonds is 3. The Hall–Kier alpha value is -0.610. The summed E-state index contributed by atoms with van der Waals surface area (Å²) in [5, 5.41) is 3.64. The van der Waals surface area contributed by atoms with E-state index in [1.165, 1.54) is 30.3 Å². The van der Waals surface area contributed by atoms with Crippen LogP contribution in [0.3, 0.4) is 0 Å². The summed E-state index contributed by atoms with van der Waals surface area (Å²) in [7, 11) is 1.94. The third-order valence-electron chi connectivity index (χ3n) is 3.00. The van der Waals surface area contributed by atoms with Gasteiger partial charge in [0.1, 0.15) is 11.6 Å². The maximum atomic E-state index is 13.5. The minimum atomic E-state index is -0.515. The molecule has 1 N–H and O–H groups in total. The van der Waals surface area contributed by atoms with Crippen LogP contribution < -0.4 is 5.32 Å². The molecule has 0 radical (unpaired) electrons. The van der Waals surface area contributed by atoms with Crippen molar-refractivity contribution in [3.05, 3.63) is 29.8 Å². The molecule has 4 heteroatoms. The molecule has 1 fully saturated rings. The molecule has 0 aliphatic heterocycles. The molecular weight excluding hydrogens is 228 g/mol. The molecule has 2 rings (SSSR count). The molecule has 88 valence electrons. The minimum Gasteiger partial charge on any atom is -0.316 e. The second-order valence-electron chi connectivity index (χ2n) is 4.06. The number of hydrogen-bond acceptors (Lipinski definition) is 2. The van der Waals surface area contributed by atoms with Gasteiger partial charge in [-0.15, -0.1) is 11.8 Å². The molecule has 2 unspecified atom stereocenters. The Morgan fingerprint density at radius 1 is 1.31 bits per heavy atom. The first-order valence-corrected chi connectivity index (χ1v) is 6.37. The predicted octanol–water partition coefficient (Wildman–Crippen LogP) is 3.20. The van der Waals surface area contributed by atoms with Gasteiger partial charge in [0.05, 0.1) is 0 Å². The van der Waals surface area contributed by atoms with Crippen LogP contribution in [0.2, 0.25) is 0 Å². The first-order valence-electron chi connectivity index (χ1n) is 5.49. The number of benzene rings is 1. The zero-order chi connectivity index (χ0) is 11.5. The Labute approximate surface area is 98.6 Å². The molecule has 0 heterocycles. The van der Waals surface area contributed by atoms with Crippen molar-refractivity contribution in [2.24, 2.45) is 0 Å². The SMILES string of the molecule is CNC1CCCC1Sc1ccc(F)cc1F. The van der Waals surface area contributed by atoms with Crippen molar-refractivity contribution >= 4 is 11.8 Å². The first kappa shape index (κ1) is 11.9. The summed E-state index contributed by atoms with van der Waals surface area (Å²) in [5.74, 6) is -0.967. The Morgan fingerprint density at radius 2 is 2.12 bits per heavy atom. The molecule has 1 aromatic carbocycles. The monoisotopic (exact) mass is 243 g/mol. The first-order chi connectivity index (χ1) is 7.70. The van der Waals surface area contributed by atoms with Gasteiger partial charge in [0, 0.05) is 22.3 Å². The average Bonchev–Trinajstić information content (AvgIpc) is 2.69. The van der Waals surface area contributed by atoms with E-state index in [2.05, 4.69) is 5.32 Å². The van der Waals surface area contributed by atoms with Crippen molar-refractivity contribution in [2.75, 3.05) is 7.05 Å². The van der Waals surface area contributed by atoms with E-state index in [0.717, 1.165) is 18.9 Å². The Balaban J connectivity index is 2.08. The van der Waals surface area contributed by atoms with Crippen LogP contribution in [0.15, 0.2) is 23.1 Å². The summed E-state index contributed by atoms with van der Waals surface area (Å²) >= 11 is 1.52. The lowest BCUT2D eigenvalue weighted by Crippen LogP contribution is -2.30. The topological polar surface area (TPSA) is 12.0 Å². The van der Waals surface area contributed by atoms with Crippen molar-refractivity contribution in [1.29, 1.82) is 0 Å². The average molecular weight is 243 g/mol. The predicted molar refractivity (Wildman–Crippen MR) is 62.7 cm³/mol. The fraction of sp³-hybridized carbons (Fsp3) is 0.500. The smallest absolute Gasteiger partial charge is 0.139 e. The van der Waals surface area contributed by atoms with Crippen LogP contribution in [0.4, 0.5) is 8.78 Å². The Morgan fingerprint density at radius 3 is 2.81 bits per heavy atom. The van der Waals surface area contributed by atoms with Crippen molar-refractivity contribution in [3.8, 4) is 0 Å². The van der Waals surface area contributed by atoms with E-state index in [0.29, 0.717) is 16.2 Å². The Kier molecular flexibility index (Phi) is 3.82. The fourth-order valence-electron chi connectivity index (χ4n) is 2.13. The molecule has 0 saturated heterocycles. The van der Waals surface area contributed by atoms with Gasteiger partial charge in [-0.1, -0.05) is 6.42 Å². The Bertz CT molecular complexity index is 370. The second kappa shape index (κ2) is 5.15. The van der Waals surface area contributed by atoms with E-state index < -0.39 is 11.6 Å². The van der Waals surface area contributed by atoms with E-state index in [9.17, 15) is 8.78 Å². The van der Waals surface area contributed by atoms with Gasteiger partial charge in [0.25, 0.3) is 0 Å². The molecule has 0 spiro atoms. The lowest BCUT2D eigenvalue weighted by molar-refractivity contribution is 0.563. The van der Waals surface area contributed by atoms with Crippen LogP contribution in [0.5, 0.6) is 0 Å². The van der Waals surface area contributed by atoms with Crippen LogP contribution in [0.25, 0.3) is 0 Å². The van der Waals surface area contributed by atoms with Crippen molar-refractivity contribution in [1.82, 2.24) is 5.32 Å². The quantitative estimate of drug-likeness (QED) is 0.875. The zero-order valence-corrected chi connectivity index (χ0v) is 9.99. The minimum absolute atomic E-state index is 0.393. The third-order valence-corrected chi connectivity index (χ3v) is 4.45. The number of nitrogens with one attached hydrogen (secondary N) is 1. The highest BCUT2D eigenvalue weighted by atomic mass is 32.2. The van der Waals surface area contributed by atoms with E-state index in [4.69, 9.17) is 0 Å². The molecule has 16 heavy (non-hydrogen) atoms. The van der Waals surface area contributed by atoms with Gasteiger partial charge in [0.2, 0.25) is 0 Å². The van der Waals surface area contributed by atoms with Gasteiger partial charge in [-0.05, 0) is 32.0 Å². The summed E-state index contributed by atoms with van der Waals surface area (Å²) < 4.78 is 26.2. The fourth-order valence-corrected chi connectivity index (χ4v) is 3.50. The van der Waals surface area contributed by atoms with Gasteiger partial charge < -0.3 is 5.32 Å². The van der Waals surface area contributed by atoms with Crippen LogP contribution in [0, 0.1) is 11.6 Å². The highest BCUT2D eigenvalue weighted by Gasteiger charge is 2.27. The summed E-state index contributed by atoms with van der Waals surface area (Å²) in [5.41, 5.74) is 0. The molecule has 1 aromatic rings. The molecule has 1 aliphatic carbocycles. The van der Waals surface area contributed by atoms with Crippen LogP contribution in [-0.4, -0.2) is 18.3 Å². The molecule has 0 aromatic heterocycles. The summed E-state index contributed by atoms with van der Waals surface area (Å²) in [6, 6.07) is 4.23. The van der Waals surface area contributed by atoms with Crippen molar-refractivity contribution in [2.45, 2.75) is 35.4 Å². The second-order valence-corrected chi connectivity index (χ2v) is 5.34. The summed E-state index contributed by atoms with van der Waals surface area (Å²) in [6.07, 6.45) is 3.40. The van der Waals surface area contributed by atoms with Crippen LogP contribution >= 0.6 is 11.8 Å². The normalized spacial score (nSPS) is 24.9. The lowest BCUT2D eigenvalue weighted by Gasteiger charge is -2.18. The lowest BCUT2D eigenvalue weighted by atomic mass is 10.2. The van der Waals surface area contributed by atoms with Gasteiger partial charge in [-0.3, -0.25) is 0 Å². The standard InChI is InChI=1S/C12H15F2NS/c1-15-10-3-2-4-12(10)16-11-6-5-8(13)7-9(11)14/h5-7,10,12,15H,2-4H2,1H3. The van der Waals surface area contributed by atoms with E-state index in [1.807, 2.05) is 7.05 Å². The van der Waals surface area contributed by atoms with Gasteiger partial charge in [-0.2, -0.15) is 0 Å². The third kappa shape index (κ3) is 2.55. The van der Waals surface area contributed by atoms with Gasteiger partial charge in [0.15, 0.2) is 0 Å². The van der Waals surface area contributed by atoms with E-state index in [1.54, 1.807) is 0 Å². The number of hydrogen-bond donors (Lipinski definition) is 1. The largest absolute Gasteiger partial charge is 0.316 e. The van der Waals surface area contributed by atoms with Crippen molar-refractivity contribution in [3.63, 3.8) is 0 Å². The van der Waals surface area contributed by atoms with Gasteiger partial charge >= 0.3 is 0 Å². The van der Waals surface area contributed by atoms with Crippen LogP contribution in [-0.2, 0) is 0 Å². The highest BCUT2D eigenvalue weighted by molar-refractivity contribution is 8.00. The van der Waals surface area contributed by atoms with E-state index >= 15 is 0 Å². The zero-order valence-electron chi connectivity index (χ0n) is 9.17. The maximum absolute atomic E-state index is 13.5. The molecule has 2 atom stereocenters. The highest BCUT2D eigenvalue weighted by Crippen LogP contribution is 2.36. The number of thioether (sulfide) groups is 1. The summed E-state index contributed by atoms with van der Waals surface area (Å²) in [6.45, 7) is 0. The molecule has 1 nitrogen and oxygen atoms in total. The number of halogens is 2. The molecule has 1 aliphatic rings. The molecule has 0 amide bonds.